The van der Waals surface area contributed by atoms with Gasteiger partial charge in [-0.15, -0.1) is 0 Å². The van der Waals surface area contributed by atoms with Crippen LogP contribution in [0.3, 0.4) is 0 Å². The van der Waals surface area contributed by atoms with Gasteiger partial charge in [-0.2, -0.15) is 0 Å². The number of urea groups is 1. The fourth-order valence-corrected chi connectivity index (χ4v) is 3.80. The van der Waals surface area contributed by atoms with Gasteiger partial charge in [0, 0.05) is 6.04 Å². The number of benzene rings is 1. The molecule has 1 fully saturated rings. The van der Waals surface area contributed by atoms with Crippen LogP contribution in [0.25, 0.3) is 0 Å². The minimum atomic E-state index is -3.71. The Morgan fingerprint density at radius 1 is 1.18 bits per heavy atom. The molecule has 28 heavy (non-hydrogen) atoms. The molecule has 0 bridgehead atoms. The first-order chi connectivity index (χ1) is 13.2. The summed E-state index contributed by atoms with van der Waals surface area (Å²) in [5.74, 6) is -1.30. The van der Waals surface area contributed by atoms with Crippen molar-refractivity contribution in [2.24, 2.45) is 5.92 Å². The van der Waals surface area contributed by atoms with Crippen molar-refractivity contribution < 1.29 is 27.5 Å². The van der Waals surface area contributed by atoms with Crippen molar-refractivity contribution in [1.29, 1.82) is 0 Å². The molecule has 0 aliphatic heterocycles. The molecule has 1 aromatic carbocycles. The molecular weight excluding hydrogens is 386 g/mol. The van der Waals surface area contributed by atoms with E-state index in [4.69, 9.17) is 4.74 Å². The maximum atomic E-state index is 12.0. The zero-order chi connectivity index (χ0) is 20.7. The number of nitrogens with one attached hydrogen (secondary N) is 3. The lowest BCUT2D eigenvalue weighted by Crippen LogP contribution is -2.48. The van der Waals surface area contributed by atoms with E-state index in [1.54, 1.807) is 0 Å². The summed E-state index contributed by atoms with van der Waals surface area (Å²) in [6, 6.07) is 4.61. The van der Waals surface area contributed by atoms with E-state index < -0.39 is 34.5 Å². The molecule has 154 valence electrons. The Hall–Kier alpha value is -2.46. The van der Waals surface area contributed by atoms with Gasteiger partial charge in [0.2, 0.25) is 10.0 Å². The standard InChI is InChI=1S/C18H25N3O6S/c1-12-6-3-4-9-15(12)20-18(24)21-16(22)11-27-17(23)13-7-5-8-14(10-13)28(25,26)19-2/h5,7-8,10,12,15,19H,3-4,6,9,11H2,1-2H3,(H2,20,21,22,24)/t12-,15+/m1/s1. The first-order valence-corrected chi connectivity index (χ1v) is 10.5. The van der Waals surface area contributed by atoms with Gasteiger partial charge in [-0.25, -0.2) is 22.7 Å². The molecule has 0 radical (unpaired) electrons. The van der Waals surface area contributed by atoms with Crippen molar-refractivity contribution in [3.63, 3.8) is 0 Å². The highest BCUT2D eigenvalue weighted by atomic mass is 32.2. The maximum absolute atomic E-state index is 12.0. The van der Waals surface area contributed by atoms with Crippen molar-refractivity contribution in [2.45, 2.75) is 43.5 Å². The van der Waals surface area contributed by atoms with Crippen molar-refractivity contribution >= 4 is 27.9 Å². The summed E-state index contributed by atoms with van der Waals surface area (Å²) in [5, 5.41) is 4.89. The predicted octanol–water partition coefficient (Wildman–Crippen LogP) is 1.16. The molecule has 1 saturated carbocycles. The number of sulfonamides is 1. The molecule has 2 atom stereocenters. The van der Waals surface area contributed by atoms with Crippen LogP contribution in [0.2, 0.25) is 0 Å². The Kier molecular flexibility index (Phi) is 7.53. The molecular formula is C18H25N3O6S. The summed E-state index contributed by atoms with van der Waals surface area (Å²) in [7, 11) is -2.46. The molecule has 3 amide bonds. The number of carbonyl (C=O) groups excluding carboxylic acids is 3. The predicted molar refractivity (Wildman–Crippen MR) is 101 cm³/mol. The van der Waals surface area contributed by atoms with E-state index in [9.17, 15) is 22.8 Å². The van der Waals surface area contributed by atoms with Gasteiger partial charge in [-0.3, -0.25) is 10.1 Å². The largest absolute Gasteiger partial charge is 0.452 e. The zero-order valence-electron chi connectivity index (χ0n) is 15.9. The average molecular weight is 411 g/mol. The number of carbonyl (C=O) groups is 3. The van der Waals surface area contributed by atoms with Crippen LogP contribution in [0.5, 0.6) is 0 Å². The normalized spacial score (nSPS) is 19.5. The third-order valence-corrected chi connectivity index (χ3v) is 6.08. The Morgan fingerprint density at radius 3 is 2.57 bits per heavy atom. The van der Waals surface area contributed by atoms with Gasteiger partial charge in [0.05, 0.1) is 10.5 Å². The quantitative estimate of drug-likeness (QED) is 0.602. The lowest BCUT2D eigenvalue weighted by atomic mass is 9.86. The van der Waals surface area contributed by atoms with Crippen LogP contribution in [-0.4, -0.2) is 46.0 Å². The minimum Gasteiger partial charge on any atom is -0.452 e. The molecule has 1 aliphatic carbocycles. The number of rotatable bonds is 6. The van der Waals surface area contributed by atoms with Crippen LogP contribution in [0.1, 0.15) is 43.0 Å². The smallest absolute Gasteiger partial charge is 0.338 e. The number of esters is 1. The van der Waals surface area contributed by atoms with E-state index >= 15 is 0 Å². The first kappa shape index (κ1) is 21.8. The molecule has 2 rings (SSSR count). The van der Waals surface area contributed by atoms with Crippen LogP contribution in [0.4, 0.5) is 4.79 Å². The highest BCUT2D eigenvalue weighted by molar-refractivity contribution is 7.89. The molecule has 0 unspecified atom stereocenters. The summed E-state index contributed by atoms with van der Waals surface area (Å²) in [6.45, 7) is 1.39. The van der Waals surface area contributed by atoms with Gasteiger partial charge in [-0.1, -0.05) is 25.8 Å². The molecule has 1 aromatic rings. The van der Waals surface area contributed by atoms with E-state index in [0.29, 0.717) is 5.92 Å². The van der Waals surface area contributed by atoms with Gasteiger partial charge >= 0.3 is 12.0 Å². The Balaban J connectivity index is 1.84. The van der Waals surface area contributed by atoms with E-state index in [-0.39, 0.29) is 16.5 Å². The maximum Gasteiger partial charge on any atom is 0.338 e. The number of hydrogen-bond acceptors (Lipinski definition) is 6. The highest BCUT2D eigenvalue weighted by Gasteiger charge is 2.23. The minimum absolute atomic E-state index is 0.0148. The molecule has 10 heteroatoms. The summed E-state index contributed by atoms with van der Waals surface area (Å²) < 4.78 is 30.6. The van der Waals surface area contributed by atoms with Gasteiger partial charge in [0.1, 0.15) is 0 Å². The SMILES string of the molecule is CNS(=O)(=O)c1cccc(C(=O)OCC(=O)NC(=O)N[C@H]2CCCC[C@H]2C)c1. The lowest BCUT2D eigenvalue weighted by molar-refractivity contribution is -0.123. The van der Waals surface area contributed by atoms with E-state index in [2.05, 4.69) is 22.3 Å². The topological polar surface area (TPSA) is 131 Å². The summed E-state index contributed by atoms with van der Waals surface area (Å²) >= 11 is 0. The van der Waals surface area contributed by atoms with Crippen LogP contribution in [-0.2, 0) is 19.6 Å². The van der Waals surface area contributed by atoms with E-state index in [0.717, 1.165) is 31.7 Å². The third kappa shape index (κ3) is 6.03. The summed E-state index contributed by atoms with van der Waals surface area (Å²) in [4.78, 5) is 35.7. The second-order valence-electron chi connectivity index (χ2n) is 6.70. The molecule has 0 saturated heterocycles. The summed E-state index contributed by atoms with van der Waals surface area (Å²) in [5.41, 5.74) is -0.0235. The first-order valence-electron chi connectivity index (χ1n) is 9.04. The molecule has 0 aromatic heterocycles. The van der Waals surface area contributed by atoms with Crippen LogP contribution < -0.4 is 15.4 Å². The van der Waals surface area contributed by atoms with Crippen LogP contribution in [0.15, 0.2) is 29.2 Å². The molecule has 0 heterocycles. The van der Waals surface area contributed by atoms with Gasteiger partial charge in [0.25, 0.3) is 5.91 Å². The van der Waals surface area contributed by atoms with E-state index in [1.165, 1.54) is 25.2 Å². The van der Waals surface area contributed by atoms with Crippen molar-refractivity contribution in [3.8, 4) is 0 Å². The van der Waals surface area contributed by atoms with Gasteiger partial charge < -0.3 is 10.1 Å². The lowest BCUT2D eigenvalue weighted by Gasteiger charge is -2.29. The Bertz CT molecular complexity index is 839. The van der Waals surface area contributed by atoms with Crippen molar-refractivity contribution in [1.82, 2.24) is 15.4 Å². The van der Waals surface area contributed by atoms with Crippen molar-refractivity contribution in [3.05, 3.63) is 29.8 Å². The fraction of sp³-hybridized carbons (Fsp3) is 0.500. The summed E-state index contributed by atoms with van der Waals surface area (Å²) in [6.07, 6.45) is 4.05. The number of amides is 3. The van der Waals surface area contributed by atoms with Gasteiger partial charge in [0.15, 0.2) is 6.61 Å². The van der Waals surface area contributed by atoms with Crippen molar-refractivity contribution in [2.75, 3.05) is 13.7 Å². The third-order valence-electron chi connectivity index (χ3n) is 4.66. The Morgan fingerprint density at radius 2 is 1.89 bits per heavy atom. The molecule has 1 aliphatic rings. The number of imide groups is 1. The number of hydrogen-bond donors (Lipinski definition) is 3. The monoisotopic (exact) mass is 411 g/mol. The fourth-order valence-electron chi connectivity index (χ4n) is 3.02. The molecule has 3 N–H and O–H groups in total. The zero-order valence-corrected chi connectivity index (χ0v) is 16.7. The Labute approximate surface area is 164 Å². The second-order valence-corrected chi connectivity index (χ2v) is 8.59. The van der Waals surface area contributed by atoms with Crippen LogP contribution in [0, 0.1) is 5.92 Å². The van der Waals surface area contributed by atoms with Crippen LogP contribution >= 0.6 is 0 Å². The van der Waals surface area contributed by atoms with E-state index in [1.807, 2.05) is 0 Å². The van der Waals surface area contributed by atoms with Gasteiger partial charge in [-0.05, 0) is 44.0 Å². The molecule has 0 spiro atoms. The highest BCUT2D eigenvalue weighted by Crippen LogP contribution is 2.23. The second kappa shape index (κ2) is 9.65. The number of ether oxygens (including phenoxy) is 1. The average Bonchev–Trinajstić information content (AvgIpc) is 2.68. The molecule has 9 nitrogen and oxygen atoms in total.